The Morgan fingerprint density at radius 1 is 0.897 bits per heavy atom. The largest absolute Gasteiger partial charge is 0.457 e. The molecule has 7 nitrogen and oxygen atoms in total. The predicted octanol–water partition coefficient (Wildman–Crippen LogP) is 3.92. The number of fused-ring (bicyclic) bond motifs is 1. The van der Waals surface area contributed by atoms with Crippen LogP contribution in [0.25, 0.3) is 5.65 Å². The fourth-order valence-corrected chi connectivity index (χ4v) is 2.67. The molecule has 0 aliphatic heterocycles. The zero-order chi connectivity index (χ0) is 20.1. The van der Waals surface area contributed by atoms with Crippen LogP contribution in [0.1, 0.15) is 10.5 Å². The molecule has 0 saturated carbocycles. The Morgan fingerprint density at radius 2 is 1.62 bits per heavy atom. The Hall–Kier alpha value is -4.13. The summed E-state index contributed by atoms with van der Waals surface area (Å²) in [6, 6.07) is 21.7. The van der Waals surface area contributed by atoms with E-state index < -0.39 is 18.5 Å². The average molecular weight is 387 g/mol. The van der Waals surface area contributed by atoms with Gasteiger partial charge in [0.25, 0.3) is 5.91 Å². The summed E-state index contributed by atoms with van der Waals surface area (Å²) in [6.45, 7) is -0.408. The summed E-state index contributed by atoms with van der Waals surface area (Å²) in [4.78, 5) is 28.3. The van der Waals surface area contributed by atoms with Gasteiger partial charge in [0.05, 0.1) is 0 Å². The molecule has 144 valence electrons. The zero-order valence-corrected chi connectivity index (χ0v) is 15.3. The number of hydrogen-bond acceptors (Lipinski definition) is 5. The fourth-order valence-electron chi connectivity index (χ4n) is 2.67. The molecule has 4 aromatic rings. The van der Waals surface area contributed by atoms with Crippen LogP contribution in [0.5, 0.6) is 11.5 Å². The maximum absolute atomic E-state index is 12.1. The van der Waals surface area contributed by atoms with Gasteiger partial charge in [0.1, 0.15) is 17.1 Å². The number of amides is 1. The molecule has 0 saturated heterocycles. The van der Waals surface area contributed by atoms with Crippen LogP contribution in [0, 0.1) is 0 Å². The molecule has 0 atom stereocenters. The number of anilines is 1. The number of esters is 1. The number of carbonyl (C=O) groups excluding carboxylic acids is 2. The quantitative estimate of drug-likeness (QED) is 0.507. The predicted molar refractivity (Wildman–Crippen MR) is 107 cm³/mol. The smallest absolute Gasteiger partial charge is 0.359 e. The minimum atomic E-state index is -0.657. The van der Waals surface area contributed by atoms with Crippen molar-refractivity contribution in [3.8, 4) is 11.5 Å². The van der Waals surface area contributed by atoms with E-state index in [0.717, 1.165) is 5.75 Å². The summed E-state index contributed by atoms with van der Waals surface area (Å²) in [5.41, 5.74) is 1.34. The molecule has 1 N–H and O–H groups in total. The Morgan fingerprint density at radius 3 is 2.38 bits per heavy atom. The summed E-state index contributed by atoms with van der Waals surface area (Å²) >= 11 is 0. The summed E-state index contributed by atoms with van der Waals surface area (Å²) in [7, 11) is 0. The highest BCUT2D eigenvalue weighted by atomic mass is 16.5. The Bertz CT molecular complexity index is 1100. The molecule has 2 aromatic heterocycles. The highest BCUT2D eigenvalue weighted by Crippen LogP contribution is 2.22. The molecule has 2 aromatic carbocycles. The van der Waals surface area contributed by atoms with E-state index in [1.807, 2.05) is 42.5 Å². The second-order valence-electron chi connectivity index (χ2n) is 6.16. The minimum Gasteiger partial charge on any atom is -0.457 e. The van der Waals surface area contributed by atoms with E-state index in [9.17, 15) is 9.59 Å². The molecule has 0 radical (unpaired) electrons. The summed E-state index contributed by atoms with van der Waals surface area (Å²) < 4.78 is 12.4. The van der Waals surface area contributed by atoms with Gasteiger partial charge in [-0.2, -0.15) is 0 Å². The second-order valence-corrected chi connectivity index (χ2v) is 6.16. The average Bonchev–Trinajstić information content (AvgIpc) is 3.19. The van der Waals surface area contributed by atoms with Gasteiger partial charge in [0.15, 0.2) is 12.3 Å². The molecule has 7 heteroatoms. The Balaban J connectivity index is 1.29. The lowest BCUT2D eigenvalue weighted by Crippen LogP contribution is -2.21. The van der Waals surface area contributed by atoms with Crippen LogP contribution in [0.3, 0.4) is 0 Å². The topological polar surface area (TPSA) is 81.9 Å². The molecule has 0 spiro atoms. The molecule has 0 fully saturated rings. The van der Waals surface area contributed by atoms with E-state index >= 15 is 0 Å². The number of hydrogen-bond donors (Lipinski definition) is 1. The third-order valence-corrected chi connectivity index (χ3v) is 4.02. The monoisotopic (exact) mass is 387 g/mol. The van der Waals surface area contributed by atoms with E-state index in [4.69, 9.17) is 9.47 Å². The van der Waals surface area contributed by atoms with E-state index in [2.05, 4.69) is 10.3 Å². The van der Waals surface area contributed by atoms with Crippen LogP contribution < -0.4 is 10.1 Å². The number of para-hydroxylation sites is 1. The van der Waals surface area contributed by atoms with Gasteiger partial charge >= 0.3 is 5.97 Å². The minimum absolute atomic E-state index is 0.145. The van der Waals surface area contributed by atoms with Crippen molar-refractivity contribution in [3.63, 3.8) is 0 Å². The molecule has 0 aliphatic rings. The van der Waals surface area contributed by atoms with Crippen LogP contribution in [-0.4, -0.2) is 27.9 Å². The van der Waals surface area contributed by atoms with Crippen molar-refractivity contribution >= 4 is 23.2 Å². The summed E-state index contributed by atoms with van der Waals surface area (Å²) in [5.74, 6) is 0.268. The van der Waals surface area contributed by atoms with Gasteiger partial charge in [-0.1, -0.05) is 24.3 Å². The number of benzene rings is 2. The van der Waals surface area contributed by atoms with E-state index in [0.29, 0.717) is 17.1 Å². The first-order chi connectivity index (χ1) is 14.2. The van der Waals surface area contributed by atoms with Gasteiger partial charge in [0.2, 0.25) is 0 Å². The summed E-state index contributed by atoms with van der Waals surface area (Å²) in [6.07, 6.45) is 3.33. The first-order valence-corrected chi connectivity index (χ1v) is 8.91. The van der Waals surface area contributed by atoms with E-state index in [1.165, 1.54) is 0 Å². The molecule has 0 aliphatic carbocycles. The number of aromatic nitrogens is 2. The van der Waals surface area contributed by atoms with Crippen molar-refractivity contribution < 1.29 is 19.1 Å². The lowest BCUT2D eigenvalue weighted by Gasteiger charge is -2.08. The maximum atomic E-state index is 12.1. The molecule has 29 heavy (non-hydrogen) atoms. The maximum Gasteiger partial charge on any atom is 0.359 e. The van der Waals surface area contributed by atoms with Gasteiger partial charge in [-0.3, -0.25) is 4.79 Å². The van der Waals surface area contributed by atoms with Gasteiger partial charge in [-0.25, -0.2) is 9.78 Å². The van der Waals surface area contributed by atoms with Crippen LogP contribution in [-0.2, 0) is 9.53 Å². The van der Waals surface area contributed by atoms with Crippen molar-refractivity contribution in [2.45, 2.75) is 0 Å². The SMILES string of the molecule is O=C(COC(=O)c1cn2ccccc2n1)Nc1ccc(Oc2ccccc2)cc1. The molecule has 2 heterocycles. The van der Waals surface area contributed by atoms with E-state index in [-0.39, 0.29) is 5.69 Å². The molecular weight excluding hydrogens is 370 g/mol. The fraction of sp³-hybridized carbons (Fsp3) is 0.0455. The second kappa shape index (κ2) is 8.26. The standard InChI is InChI=1S/C22H17N3O4/c26-21(15-28-22(27)19-14-25-13-5-4-8-20(25)24-19)23-16-9-11-18(12-10-16)29-17-6-2-1-3-7-17/h1-14H,15H2,(H,23,26). The van der Waals surface area contributed by atoms with Crippen molar-refractivity contribution in [3.05, 3.63) is 90.9 Å². The number of ether oxygens (including phenoxy) is 2. The highest BCUT2D eigenvalue weighted by molar-refractivity contribution is 5.95. The Kier molecular flexibility index (Phi) is 5.20. The van der Waals surface area contributed by atoms with Crippen LogP contribution in [0.15, 0.2) is 85.2 Å². The molecule has 0 unspecified atom stereocenters. The first kappa shape index (κ1) is 18.2. The van der Waals surface area contributed by atoms with Crippen molar-refractivity contribution in [2.24, 2.45) is 0 Å². The number of imidazole rings is 1. The Labute approximate surface area is 166 Å². The van der Waals surface area contributed by atoms with Crippen LogP contribution in [0.4, 0.5) is 5.69 Å². The third-order valence-electron chi connectivity index (χ3n) is 4.02. The molecular formula is C22H17N3O4. The number of pyridine rings is 1. The lowest BCUT2D eigenvalue weighted by molar-refractivity contribution is -0.119. The van der Waals surface area contributed by atoms with Gasteiger partial charge in [0, 0.05) is 18.1 Å². The van der Waals surface area contributed by atoms with Gasteiger partial charge in [-0.05, 0) is 48.5 Å². The zero-order valence-electron chi connectivity index (χ0n) is 15.3. The highest BCUT2D eigenvalue weighted by Gasteiger charge is 2.14. The van der Waals surface area contributed by atoms with Gasteiger partial charge < -0.3 is 19.2 Å². The normalized spacial score (nSPS) is 10.5. The number of nitrogens with one attached hydrogen (secondary N) is 1. The van der Waals surface area contributed by atoms with Crippen molar-refractivity contribution in [1.29, 1.82) is 0 Å². The molecule has 0 bridgehead atoms. The van der Waals surface area contributed by atoms with Crippen LogP contribution >= 0.6 is 0 Å². The number of carbonyl (C=O) groups is 2. The number of nitrogens with zero attached hydrogens (tertiary/aromatic N) is 2. The third kappa shape index (κ3) is 4.59. The first-order valence-electron chi connectivity index (χ1n) is 8.91. The van der Waals surface area contributed by atoms with Crippen molar-refractivity contribution in [1.82, 2.24) is 9.38 Å². The summed E-state index contributed by atoms with van der Waals surface area (Å²) in [5, 5.41) is 2.67. The van der Waals surface area contributed by atoms with Crippen molar-refractivity contribution in [2.75, 3.05) is 11.9 Å². The molecule has 1 amide bonds. The number of rotatable bonds is 6. The lowest BCUT2D eigenvalue weighted by atomic mass is 10.3. The van der Waals surface area contributed by atoms with Crippen LogP contribution in [0.2, 0.25) is 0 Å². The van der Waals surface area contributed by atoms with E-state index in [1.54, 1.807) is 47.1 Å². The molecule has 4 rings (SSSR count). The van der Waals surface area contributed by atoms with Gasteiger partial charge in [-0.15, -0.1) is 0 Å².